The molecule has 0 saturated heterocycles. The molecule has 1 heterocycles. The summed E-state index contributed by atoms with van der Waals surface area (Å²) in [6.45, 7) is 4.21. The Morgan fingerprint density at radius 3 is 2.76 bits per heavy atom. The van der Waals surface area contributed by atoms with E-state index in [9.17, 15) is 0 Å². The number of nitrogens with zero attached hydrogens (tertiary/aromatic N) is 2. The van der Waals surface area contributed by atoms with Gasteiger partial charge in [-0.3, -0.25) is 4.99 Å². The molecule has 3 rings (SSSR count). The maximum absolute atomic E-state index is 4.29. The third kappa shape index (κ3) is 1.80. The molecule has 1 aliphatic rings. The van der Waals surface area contributed by atoms with E-state index in [4.69, 9.17) is 0 Å². The topological polar surface area (TPSA) is 15.6 Å². The van der Waals surface area contributed by atoms with Crippen LogP contribution in [0.4, 0.5) is 0 Å². The second-order valence-corrected chi connectivity index (χ2v) is 4.50. The lowest BCUT2D eigenvalue weighted by Crippen LogP contribution is -2.23. The number of hydrogen-bond donors (Lipinski definition) is 0. The van der Waals surface area contributed by atoms with Crippen molar-refractivity contribution in [2.24, 2.45) is 4.99 Å². The minimum atomic E-state index is 0.396. The lowest BCUT2D eigenvalue weighted by molar-refractivity contribution is 0.377. The van der Waals surface area contributed by atoms with Gasteiger partial charge in [-0.1, -0.05) is 42.5 Å². The van der Waals surface area contributed by atoms with Crippen LogP contribution < -0.4 is 0 Å². The molecule has 0 spiro atoms. The van der Waals surface area contributed by atoms with Crippen LogP contribution in [0.15, 0.2) is 47.5 Å². The molecule has 2 heteroatoms. The Kier molecular flexibility index (Phi) is 2.56. The third-order valence-corrected chi connectivity index (χ3v) is 3.49. The van der Waals surface area contributed by atoms with Crippen LogP contribution >= 0.6 is 0 Å². The summed E-state index contributed by atoms with van der Waals surface area (Å²) in [7, 11) is 0. The van der Waals surface area contributed by atoms with E-state index >= 15 is 0 Å². The Morgan fingerprint density at radius 2 is 1.94 bits per heavy atom. The molecule has 0 fully saturated rings. The smallest absolute Gasteiger partial charge is 0.0856 e. The average molecular weight is 224 g/mol. The monoisotopic (exact) mass is 224 g/mol. The number of rotatable bonds is 2. The molecule has 17 heavy (non-hydrogen) atoms. The summed E-state index contributed by atoms with van der Waals surface area (Å²) in [5.74, 6) is 0. The Bertz CT molecular complexity index is 554. The SMILES string of the molecule is CC(c1cccc2ccccc12)N1C=NCC1. The predicted molar refractivity (Wildman–Crippen MR) is 72.4 cm³/mol. The van der Waals surface area contributed by atoms with Crippen LogP contribution in [0.25, 0.3) is 10.8 Å². The second kappa shape index (κ2) is 4.21. The van der Waals surface area contributed by atoms with Gasteiger partial charge in [0, 0.05) is 6.54 Å². The van der Waals surface area contributed by atoms with Crippen LogP contribution in [0.1, 0.15) is 18.5 Å². The van der Waals surface area contributed by atoms with E-state index < -0.39 is 0 Å². The van der Waals surface area contributed by atoms with E-state index in [-0.39, 0.29) is 0 Å². The van der Waals surface area contributed by atoms with Gasteiger partial charge in [0.15, 0.2) is 0 Å². The first-order valence-electron chi connectivity index (χ1n) is 6.09. The number of fused-ring (bicyclic) bond motifs is 1. The van der Waals surface area contributed by atoms with Gasteiger partial charge in [0.05, 0.1) is 18.9 Å². The van der Waals surface area contributed by atoms with Crippen LogP contribution in [0.5, 0.6) is 0 Å². The maximum atomic E-state index is 4.29. The van der Waals surface area contributed by atoms with E-state index in [1.165, 1.54) is 16.3 Å². The quantitative estimate of drug-likeness (QED) is 0.764. The van der Waals surface area contributed by atoms with Gasteiger partial charge in [-0.25, -0.2) is 0 Å². The fourth-order valence-corrected chi connectivity index (χ4v) is 2.48. The third-order valence-electron chi connectivity index (χ3n) is 3.49. The highest BCUT2D eigenvalue weighted by Crippen LogP contribution is 2.27. The lowest BCUT2D eigenvalue weighted by Gasteiger charge is -2.24. The first-order valence-corrected chi connectivity index (χ1v) is 6.09. The van der Waals surface area contributed by atoms with Crippen molar-refractivity contribution in [1.82, 2.24) is 4.90 Å². The molecule has 0 aliphatic carbocycles. The maximum Gasteiger partial charge on any atom is 0.0856 e. The summed E-state index contributed by atoms with van der Waals surface area (Å²) in [4.78, 5) is 6.60. The molecular weight excluding hydrogens is 208 g/mol. The fourth-order valence-electron chi connectivity index (χ4n) is 2.48. The number of benzene rings is 2. The molecule has 0 amide bonds. The van der Waals surface area contributed by atoms with Crippen molar-refractivity contribution < 1.29 is 0 Å². The first kappa shape index (κ1) is 10.3. The summed E-state index contributed by atoms with van der Waals surface area (Å²) in [6.07, 6.45) is 1.98. The van der Waals surface area contributed by atoms with Gasteiger partial charge in [-0.2, -0.15) is 0 Å². The Balaban J connectivity index is 2.07. The van der Waals surface area contributed by atoms with E-state index in [1.807, 2.05) is 6.34 Å². The van der Waals surface area contributed by atoms with Gasteiger partial charge >= 0.3 is 0 Å². The van der Waals surface area contributed by atoms with Gasteiger partial charge in [-0.05, 0) is 23.3 Å². The van der Waals surface area contributed by atoms with Crippen LogP contribution in [-0.4, -0.2) is 24.3 Å². The average Bonchev–Trinajstić information content (AvgIpc) is 2.91. The molecule has 86 valence electrons. The molecule has 1 unspecified atom stereocenters. The number of hydrogen-bond acceptors (Lipinski definition) is 2. The molecular formula is C15H16N2. The molecule has 2 aromatic carbocycles. The molecule has 0 bridgehead atoms. The van der Waals surface area contributed by atoms with Gasteiger partial charge in [0.25, 0.3) is 0 Å². The molecule has 2 nitrogen and oxygen atoms in total. The van der Waals surface area contributed by atoms with E-state index in [0.717, 1.165) is 13.1 Å². The summed E-state index contributed by atoms with van der Waals surface area (Å²) in [5, 5.41) is 2.66. The zero-order chi connectivity index (χ0) is 11.7. The van der Waals surface area contributed by atoms with Crippen molar-refractivity contribution in [3.8, 4) is 0 Å². The van der Waals surface area contributed by atoms with Crippen LogP contribution in [-0.2, 0) is 0 Å². The number of aliphatic imine (C=N–C) groups is 1. The predicted octanol–water partition coefficient (Wildman–Crippen LogP) is 3.24. The molecule has 1 aliphatic heterocycles. The summed E-state index contributed by atoms with van der Waals surface area (Å²) >= 11 is 0. The molecule has 0 radical (unpaired) electrons. The minimum Gasteiger partial charge on any atom is -0.354 e. The summed E-state index contributed by atoms with van der Waals surface area (Å²) in [5.41, 5.74) is 1.39. The van der Waals surface area contributed by atoms with Gasteiger partial charge < -0.3 is 4.90 Å². The van der Waals surface area contributed by atoms with Gasteiger partial charge in [0.1, 0.15) is 0 Å². The molecule has 0 N–H and O–H groups in total. The standard InChI is InChI=1S/C15H16N2/c1-12(17-10-9-16-11-17)14-8-4-6-13-5-2-3-7-15(13)14/h2-8,11-12H,9-10H2,1H3. The van der Waals surface area contributed by atoms with Crippen molar-refractivity contribution in [2.45, 2.75) is 13.0 Å². The van der Waals surface area contributed by atoms with Crippen molar-refractivity contribution in [2.75, 3.05) is 13.1 Å². The summed E-state index contributed by atoms with van der Waals surface area (Å²) < 4.78 is 0. The first-order chi connectivity index (χ1) is 8.36. The molecule has 1 atom stereocenters. The second-order valence-electron chi connectivity index (χ2n) is 4.50. The minimum absolute atomic E-state index is 0.396. The Hall–Kier alpha value is -1.83. The highest BCUT2D eigenvalue weighted by molar-refractivity contribution is 5.86. The molecule has 2 aromatic rings. The van der Waals surface area contributed by atoms with Crippen molar-refractivity contribution in [1.29, 1.82) is 0 Å². The lowest BCUT2D eigenvalue weighted by atomic mass is 9.99. The van der Waals surface area contributed by atoms with Crippen molar-refractivity contribution in [3.63, 3.8) is 0 Å². The van der Waals surface area contributed by atoms with Crippen LogP contribution in [0, 0.1) is 0 Å². The fraction of sp³-hybridized carbons (Fsp3) is 0.267. The van der Waals surface area contributed by atoms with Crippen LogP contribution in [0.3, 0.4) is 0 Å². The zero-order valence-corrected chi connectivity index (χ0v) is 10.0. The van der Waals surface area contributed by atoms with Crippen molar-refractivity contribution >= 4 is 17.1 Å². The zero-order valence-electron chi connectivity index (χ0n) is 10.0. The summed E-state index contributed by atoms with van der Waals surface area (Å²) in [6, 6.07) is 15.5. The highest BCUT2D eigenvalue weighted by atomic mass is 15.2. The normalized spacial score (nSPS) is 16.6. The van der Waals surface area contributed by atoms with E-state index in [2.05, 4.69) is 59.3 Å². The Morgan fingerprint density at radius 1 is 1.12 bits per heavy atom. The molecule has 0 saturated carbocycles. The largest absolute Gasteiger partial charge is 0.354 e. The van der Waals surface area contributed by atoms with E-state index in [1.54, 1.807) is 0 Å². The Labute approximate surface area is 102 Å². The van der Waals surface area contributed by atoms with Crippen LogP contribution in [0.2, 0.25) is 0 Å². The van der Waals surface area contributed by atoms with Gasteiger partial charge in [-0.15, -0.1) is 0 Å². The molecule has 0 aromatic heterocycles. The van der Waals surface area contributed by atoms with Crippen molar-refractivity contribution in [3.05, 3.63) is 48.0 Å². The highest BCUT2D eigenvalue weighted by Gasteiger charge is 2.17. The van der Waals surface area contributed by atoms with E-state index in [0.29, 0.717) is 6.04 Å². The van der Waals surface area contributed by atoms with Gasteiger partial charge in [0.2, 0.25) is 0 Å².